The molecule has 31 heavy (non-hydrogen) atoms. The first kappa shape index (κ1) is 22.1. The second kappa shape index (κ2) is 9.18. The van der Waals surface area contributed by atoms with Gasteiger partial charge in [0.1, 0.15) is 0 Å². The highest BCUT2D eigenvalue weighted by Gasteiger charge is 2.36. The minimum Gasteiger partial charge on any atom is -0.493 e. The quantitative estimate of drug-likeness (QED) is 0.599. The van der Waals surface area contributed by atoms with Crippen LogP contribution in [0, 0.1) is 6.92 Å². The molecule has 1 aliphatic heterocycles. The molecule has 2 aromatic rings. The van der Waals surface area contributed by atoms with Gasteiger partial charge >= 0.3 is 0 Å². The van der Waals surface area contributed by atoms with Crippen LogP contribution in [0.4, 0.5) is 0 Å². The van der Waals surface area contributed by atoms with Crippen LogP contribution in [0.5, 0.6) is 11.5 Å². The van der Waals surface area contributed by atoms with E-state index >= 15 is 0 Å². The Morgan fingerprint density at radius 1 is 1.13 bits per heavy atom. The Kier molecular flexibility index (Phi) is 6.55. The molecule has 0 aromatic heterocycles. The van der Waals surface area contributed by atoms with Crippen LogP contribution in [0.3, 0.4) is 0 Å². The summed E-state index contributed by atoms with van der Waals surface area (Å²) in [7, 11) is -0.0240. The van der Waals surface area contributed by atoms with E-state index in [1.54, 1.807) is 32.4 Å². The number of benzene rings is 2. The van der Waals surface area contributed by atoms with E-state index in [0.29, 0.717) is 17.5 Å². The number of methoxy groups -OCH3 is 2. The second-order valence-corrected chi connectivity index (χ2v) is 10.2. The van der Waals surface area contributed by atoms with Gasteiger partial charge in [0, 0.05) is 24.7 Å². The molecule has 1 aliphatic carbocycles. The van der Waals surface area contributed by atoms with Crippen molar-refractivity contribution in [2.45, 2.75) is 50.0 Å². The van der Waals surface area contributed by atoms with Crippen LogP contribution in [0.15, 0.2) is 35.2 Å². The average Bonchev–Trinajstić information content (AvgIpc) is 3.21. The molecule has 168 valence electrons. The molecule has 1 unspecified atom stereocenters. The zero-order valence-electron chi connectivity index (χ0n) is 18.6. The fraction of sp³-hybridized carbons (Fsp3) is 0.500. The Labute approximate surface area is 185 Å². The molecular formula is C24H32N2O4S. The highest BCUT2D eigenvalue weighted by molar-refractivity contribution is 7.89. The summed E-state index contributed by atoms with van der Waals surface area (Å²) in [6, 6.07) is 9.60. The SMILES string of the molecule is COc1cc2c3c(c1OC)CCC3N(CCCCNS(=O)(=O)c1cccc(C)c1)CC2. The first-order valence-corrected chi connectivity index (χ1v) is 12.5. The number of ether oxygens (including phenoxy) is 2. The fourth-order valence-electron chi connectivity index (χ4n) is 5.00. The van der Waals surface area contributed by atoms with E-state index in [4.69, 9.17) is 9.47 Å². The van der Waals surface area contributed by atoms with Gasteiger partial charge in [-0.25, -0.2) is 13.1 Å². The zero-order valence-corrected chi connectivity index (χ0v) is 19.4. The summed E-state index contributed by atoms with van der Waals surface area (Å²) in [5, 5.41) is 0. The zero-order chi connectivity index (χ0) is 22.0. The monoisotopic (exact) mass is 444 g/mol. The molecule has 1 atom stereocenters. The van der Waals surface area contributed by atoms with Gasteiger partial charge in [-0.3, -0.25) is 4.90 Å². The molecule has 0 amide bonds. The van der Waals surface area contributed by atoms with E-state index in [1.165, 1.54) is 16.7 Å². The Hall–Kier alpha value is -2.09. The normalized spacial score (nSPS) is 18.1. The first-order valence-electron chi connectivity index (χ1n) is 11.0. The Morgan fingerprint density at radius 3 is 2.71 bits per heavy atom. The van der Waals surface area contributed by atoms with Gasteiger partial charge in [0.05, 0.1) is 19.1 Å². The summed E-state index contributed by atoms with van der Waals surface area (Å²) < 4.78 is 38.9. The third kappa shape index (κ3) is 4.45. The van der Waals surface area contributed by atoms with Crippen LogP contribution >= 0.6 is 0 Å². The van der Waals surface area contributed by atoms with E-state index in [0.717, 1.165) is 62.3 Å². The van der Waals surface area contributed by atoms with Crippen LogP contribution in [-0.4, -0.2) is 47.2 Å². The lowest BCUT2D eigenvalue weighted by Crippen LogP contribution is -2.35. The minimum atomic E-state index is -3.44. The first-order chi connectivity index (χ1) is 14.9. The number of nitrogens with one attached hydrogen (secondary N) is 1. The molecule has 0 saturated carbocycles. The van der Waals surface area contributed by atoms with Crippen molar-refractivity contribution in [3.8, 4) is 11.5 Å². The third-order valence-electron chi connectivity index (χ3n) is 6.47. The Bertz CT molecular complexity index is 1050. The van der Waals surface area contributed by atoms with Gasteiger partial charge in [-0.15, -0.1) is 0 Å². The number of hydrogen-bond acceptors (Lipinski definition) is 5. The highest BCUT2D eigenvalue weighted by atomic mass is 32.2. The van der Waals surface area contributed by atoms with Crippen molar-refractivity contribution in [2.24, 2.45) is 0 Å². The molecule has 0 saturated heterocycles. The van der Waals surface area contributed by atoms with Crippen LogP contribution in [0.25, 0.3) is 0 Å². The van der Waals surface area contributed by atoms with Crippen molar-refractivity contribution in [3.05, 3.63) is 52.6 Å². The van der Waals surface area contributed by atoms with Crippen molar-refractivity contribution in [2.75, 3.05) is 33.9 Å². The molecule has 0 radical (unpaired) electrons. The van der Waals surface area contributed by atoms with Gasteiger partial charge in [-0.05, 0) is 80.5 Å². The van der Waals surface area contributed by atoms with Crippen LogP contribution < -0.4 is 14.2 Å². The smallest absolute Gasteiger partial charge is 0.240 e. The molecular weight excluding hydrogens is 412 g/mol. The molecule has 0 fully saturated rings. The molecule has 0 spiro atoms. The number of hydrogen-bond donors (Lipinski definition) is 1. The average molecular weight is 445 g/mol. The summed E-state index contributed by atoms with van der Waals surface area (Å²) in [5.74, 6) is 1.72. The largest absolute Gasteiger partial charge is 0.493 e. The van der Waals surface area contributed by atoms with E-state index in [2.05, 4.69) is 15.7 Å². The van der Waals surface area contributed by atoms with E-state index in [1.807, 2.05) is 13.0 Å². The maximum absolute atomic E-state index is 12.5. The lowest BCUT2D eigenvalue weighted by Gasteiger charge is -2.35. The van der Waals surface area contributed by atoms with E-state index in [9.17, 15) is 8.42 Å². The molecule has 4 rings (SSSR count). The van der Waals surface area contributed by atoms with E-state index < -0.39 is 10.0 Å². The number of rotatable bonds is 9. The van der Waals surface area contributed by atoms with Gasteiger partial charge in [0.15, 0.2) is 11.5 Å². The standard InChI is InChI=1S/C24H32N2O4S/c1-17-7-6-8-19(15-17)31(27,28)25-12-4-5-13-26-14-11-18-16-22(29-2)24(30-3)20-9-10-21(26)23(18)20/h6-8,15-16,21,25H,4-5,9-14H2,1-3H3. The van der Waals surface area contributed by atoms with Crippen LogP contribution in [0.2, 0.25) is 0 Å². The van der Waals surface area contributed by atoms with Gasteiger partial charge in [-0.2, -0.15) is 0 Å². The highest BCUT2D eigenvalue weighted by Crippen LogP contribution is 2.48. The van der Waals surface area contributed by atoms with Crippen molar-refractivity contribution in [3.63, 3.8) is 0 Å². The summed E-state index contributed by atoms with van der Waals surface area (Å²) in [6.07, 6.45) is 4.91. The molecule has 7 heteroatoms. The summed E-state index contributed by atoms with van der Waals surface area (Å²) in [5.41, 5.74) is 5.07. The fourth-order valence-corrected chi connectivity index (χ4v) is 6.18. The number of aryl methyl sites for hydroxylation is 1. The predicted octanol–water partition coefficient (Wildman–Crippen LogP) is 3.62. The van der Waals surface area contributed by atoms with Gasteiger partial charge in [0.25, 0.3) is 0 Å². The number of unbranched alkanes of at least 4 members (excludes halogenated alkanes) is 1. The number of sulfonamides is 1. The maximum atomic E-state index is 12.5. The van der Waals surface area contributed by atoms with Gasteiger partial charge in [0.2, 0.25) is 10.0 Å². The third-order valence-corrected chi connectivity index (χ3v) is 7.93. The minimum absolute atomic E-state index is 0.336. The van der Waals surface area contributed by atoms with Crippen molar-refractivity contribution >= 4 is 10.0 Å². The van der Waals surface area contributed by atoms with Gasteiger partial charge < -0.3 is 9.47 Å². The lowest BCUT2D eigenvalue weighted by atomic mass is 9.92. The molecule has 2 aliphatic rings. The maximum Gasteiger partial charge on any atom is 0.240 e. The number of nitrogens with zero attached hydrogens (tertiary/aromatic N) is 1. The van der Waals surface area contributed by atoms with Gasteiger partial charge in [-0.1, -0.05) is 12.1 Å². The van der Waals surface area contributed by atoms with Crippen LogP contribution in [-0.2, 0) is 22.9 Å². The summed E-state index contributed by atoms with van der Waals surface area (Å²) >= 11 is 0. The van der Waals surface area contributed by atoms with Crippen molar-refractivity contribution in [1.82, 2.24) is 9.62 Å². The van der Waals surface area contributed by atoms with Crippen LogP contribution in [0.1, 0.15) is 47.6 Å². The summed E-state index contributed by atoms with van der Waals surface area (Å²) in [4.78, 5) is 2.89. The second-order valence-electron chi connectivity index (χ2n) is 8.43. The molecule has 0 bridgehead atoms. The predicted molar refractivity (Wildman–Crippen MR) is 121 cm³/mol. The summed E-state index contributed by atoms with van der Waals surface area (Å²) in [6.45, 7) is 4.36. The van der Waals surface area contributed by atoms with Crippen molar-refractivity contribution in [1.29, 1.82) is 0 Å². The molecule has 2 aromatic carbocycles. The Morgan fingerprint density at radius 2 is 1.97 bits per heavy atom. The molecule has 1 heterocycles. The Balaban J connectivity index is 1.33. The van der Waals surface area contributed by atoms with E-state index in [-0.39, 0.29) is 0 Å². The topological polar surface area (TPSA) is 67.9 Å². The lowest BCUT2D eigenvalue weighted by molar-refractivity contribution is 0.182. The molecule has 1 N–H and O–H groups in total. The van der Waals surface area contributed by atoms with Crippen molar-refractivity contribution < 1.29 is 17.9 Å². The molecule has 6 nitrogen and oxygen atoms in total.